The maximum atomic E-state index is 14.1. The van der Waals surface area contributed by atoms with Crippen LogP contribution < -0.4 is 14.4 Å². The van der Waals surface area contributed by atoms with Crippen molar-refractivity contribution in [2.24, 2.45) is 0 Å². The largest absolute Gasteiger partial charge is 0.495 e. The number of ether oxygens (including phenoxy) is 1. The number of rotatable bonds is 12. The number of nitrogens with one attached hydrogen (secondary N) is 1. The van der Waals surface area contributed by atoms with Crippen LogP contribution in [-0.2, 0) is 32.6 Å². The lowest BCUT2D eigenvalue weighted by Gasteiger charge is -2.33. The van der Waals surface area contributed by atoms with E-state index in [9.17, 15) is 18.0 Å². The van der Waals surface area contributed by atoms with E-state index in [0.29, 0.717) is 27.9 Å². The summed E-state index contributed by atoms with van der Waals surface area (Å²) in [6.07, 6.45) is 1.24. The van der Waals surface area contributed by atoms with Gasteiger partial charge in [0, 0.05) is 19.5 Å². The molecule has 0 saturated heterocycles. The van der Waals surface area contributed by atoms with E-state index in [4.69, 9.17) is 27.9 Å². The molecule has 0 aliphatic rings. The molecule has 0 saturated carbocycles. The standard InChI is InChI=1S/C29H33Cl2N3O5S/c1-5-32-29(36)26(17-21-9-7-6-8-10-21)33(18-22-12-13-23(30)24(31)16-22)28(35)19-34(40(4,37)38)25-15-20(2)11-14-27(25)39-3/h6-16,26H,5,17-19H2,1-4H3,(H,32,36). The lowest BCUT2D eigenvalue weighted by molar-refractivity contribution is -0.140. The van der Waals surface area contributed by atoms with Crippen LogP contribution in [0.5, 0.6) is 5.75 Å². The van der Waals surface area contributed by atoms with Gasteiger partial charge in [0.1, 0.15) is 18.3 Å². The molecule has 214 valence electrons. The fraction of sp³-hybridized carbons (Fsp3) is 0.310. The van der Waals surface area contributed by atoms with Crippen molar-refractivity contribution in [1.82, 2.24) is 10.2 Å². The zero-order valence-electron chi connectivity index (χ0n) is 22.9. The second-order valence-electron chi connectivity index (χ2n) is 9.32. The highest BCUT2D eigenvalue weighted by atomic mass is 35.5. The van der Waals surface area contributed by atoms with Gasteiger partial charge in [0.25, 0.3) is 0 Å². The van der Waals surface area contributed by atoms with Crippen molar-refractivity contribution in [3.63, 3.8) is 0 Å². The van der Waals surface area contributed by atoms with Crippen LogP contribution in [0.2, 0.25) is 10.0 Å². The van der Waals surface area contributed by atoms with Crippen molar-refractivity contribution in [1.29, 1.82) is 0 Å². The maximum Gasteiger partial charge on any atom is 0.244 e. The summed E-state index contributed by atoms with van der Waals surface area (Å²) in [5, 5.41) is 3.46. The van der Waals surface area contributed by atoms with E-state index in [1.807, 2.05) is 37.3 Å². The number of benzene rings is 3. The van der Waals surface area contributed by atoms with Gasteiger partial charge in [0.15, 0.2) is 0 Å². The summed E-state index contributed by atoms with van der Waals surface area (Å²) < 4.78 is 32.4. The van der Waals surface area contributed by atoms with E-state index in [-0.39, 0.29) is 24.6 Å². The van der Waals surface area contributed by atoms with Gasteiger partial charge in [-0.3, -0.25) is 13.9 Å². The Kier molecular flexibility index (Phi) is 10.8. The SMILES string of the molecule is CCNC(=O)C(Cc1ccccc1)N(Cc1ccc(Cl)c(Cl)c1)C(=O)CN(c1cc(C)ccc1OC)S(C)(=O)=O. The van der Waals surface area contributed by atoms with Gasteiger partial charge in [-0.05, 0) is 54.8 Å². The van der Waals surface area contributed by atoms with Gasteiger partial charge in [-0.1, -0.05) is 65.7 Å². The molecule has 3 aromatic carbocycles. The predicted molar refractivity (Wildman–Crippen MR) is 160 cm³/mol. The van der Waals surface area contributed by atoms with Crippen molar-refractivity contribution in [2.45, 2.75) is 32.9 Å². The number of hydrogen-bond acceptors (Lipinski definition) is 5. The molecule has 0 bridgehead atoms. The van der Waals surface area contributed by atoms with Crippen molar-refractivity contribution in [2.75, 3.05) is 30.8 Å². The highest BCUT2D eigenvalue weighted by Crippen LogP contribution is 2.31. The minimum atomic E-state index is -3.93. The molecule has 1 N–H and O–H groups in total. The van der Waals surface area contributed by atoms with E-state index >= 15 is 0 Å². The van der Waals surface area contributed by atoms with Crippen LogP contribution in [0, 0.1) is 6.92 Å². The van der Waals surface area contributed by atoms with Gasteiger partial charge in [-0.2, -0.15) is 0 Å². The molecule has 2 amide bonds. The van der Waals surface area contributed by atoms with E-state index in [2.05, 4.69) is 5.32 Å². The van der Waals surface area contributed by atoms with E-state index in [1.54, 1.807) is 43.3 Å². The van der Waals surface area contributed by atoms with Crippen molar-refractivity contribution in [3.8, 4) is 5.75 Å². The lowest BCUT2D eigenvalue weighted by Crippen LogP contribution is -2.53. The summed E-state index contributed by atoms with van der Waals surface area (Å²) in [6, 6.07) is 18.4. The van der Waals surface area contributed by atoms with Crippen LogP contribution in [0.4, 0.5) is 5.69 Å². The summed E-state index contributed by atoms with van der Waals surface area (Å²) in [5.74, 6) is -0.643. The number of methoxy groups -OCH3 is 1. The molecule has 0 radical (unpaired) electrons. The van der Waals surface area contributed by atoms with Gasteiger partial charge in [-0.25, -0.2) is 8.42 Å². The van der Waals surface area contributed by atoms with Crippen LogP contribution in [0.1, 0.15) is 23.6 Å². The molecule has 1 atom stereocenters. The first-order valence-electron chi connectivity index (χ1n) is 12.6. The number of carbonyl (C=O) groups excluding carboxylic acids is 2. The quantitative estimate of drug-likeness (QED) is 0.318. The molecule has 0 aromatic heterocycles. The van der Waals surface area contributed by atoms with Crippen molar-refractivity contribution < 1.29 is 22.7 Å². The van der Waals surface area contributed by atoms with Gasteiger partial charge >= 0.3 is 0 Å². The van der Waals surface area contributed by atoms with E-state index in [0.717, 1.165) is 21.7 Å². The Morgan fingerprint density at radius 2 is 1.68 bits per heavy atom. The highest BCUT2D eigenvalue weighted by molar-refractivity contribution is 7.92. The normalized spacial score (nSPS) is 11.9. The van der Waals surface area contributed by atoms with Crippen LogP contribution in [0.15, 0.2) is 66.7 Å². The molecule has 0 heterocycles. The number of nitrogens with zero attached hydrogens (tertiary/aromatic N) is 2. The average molecular weight is 607 g/mol. The van der Waals surface area contributed by atoms with Crippen LogP contribution in [0.3, 0.4) is 0 Å². The second kappa shape index (κ2) is 13.9. The van der Waals surface area contributed by atoms with Crippen molar-refractivity contribution in [3.05, 3.63) is 93.5 Å². The summed E-state index contributed by atoms with van der Waals surface area (Å²) in [5.41, 5.74) is 2.48. The molecule has 0 spiro atoms. The summed E-state index contributed by atoms with van der Waals surface area (Å²) in [4.78, 5) is 28.9. The van der Waals surface area contributed by atoms with Crippen LogP contribution >= 0.6 is 23.2 Å². The lowest BCUT2D eigenvalue weighted by atomic mass is 10.0. The number of carbonyl (C=O) groups is 2. The third-order valence-electron chi connectivity index (χ3n) is 6.24. The van der Waals surface area contributed by atoms with Gasteiger partial charge < -0.3 is 15.0 Å². The smallest absolute Gasteiger partial charge is 0.244 e. The first kappa shape index (κ1) is 31.3. The van der Waals surface area contributed by atoms with Crippen LogP contribution in [-0.4, -0.2) is 57.6 Å². The molecule has 0 aliphatic carbocycles. The molecule has 1 unspecified atom stereocenters. The summed E-state index contributed by atoms with van der Waals surface area (Å²) >= 11 is 12.4. The Labute approximate surface area is 245 Å². The third-order valence-corrected chi connectivity index (χ3v) is 8.11. The first-order chi connectivity index (χ1) is 18.9. The third kappa shape index (κ3) is 8.13. The molecule has 0 fully saturated rings. The molecule has 3 rings (SSSR count). The molecular weight excluding hydrogens is 573 g/mol. The number of sulfonamides is 1. The van der Waals surface area contributed by atoms with Crippen LogP contribution in [0.25, 0.3) is 0 Å². The number of amides is 2. The maximum absolute atomic E-state index is 14.1. The Bertz CT molecular complexity index is 1450. The number of hydrogen-bond donors (Lipinski definition) is 1. The molecule has 0 aliphatic heterocycles. The molecule has 8 nitrogen and oxygen atoms in total. The Balaban J connectivity index is 2.10. The Morgan fingerprint density at radius 3 is 2.27 bits per heavy atom. The van der Waals surface area contributed by atoms with Gasteiger partial charge in [-0.15, -0.1) is 0 Å². The molecular formula is C29H33Cl2N3O5S. The highest BCUT2D eigenvalue weighted by Gasteiger charge is 2.33. The van der Waals surface area contributed by atoms with Gasteiger partial charge in [0.05, 0.1) is 29.1 Å². The number of anilines is 1. The molecule has 11 heteroatoms. The second-order valence-corrected chi connectivity index (χ2v) is 12.0. The van der Waals surface area contributed by atoms with E-state index in [1.165, 1.54) is 12.0 Å². The number of halogens is 2. The Morgan fingerprint density at radius 1 is 0.975 bits per heavy atom. The average Bonchev–Trinajstić information content (AvgIpc) is 2.91. The van der Waals surface area contributed by atoms with Crippen molar-refractivity contribution >= 4 is 50.7 Å². The fourth-order valence-electron chi connectivity index (χ4n) is 4.27. The Hall–Kier alpha value is -3.27. The topological polar surface area (TPSA) is 96.0 Å². The zero-order chi connectivity index (χ0) is 29.4. The fourth-order valence-corrected chi connectivity index (χ4v) is 5.44. The molecule has 40 heavy (non-hydrogen) atoms. The number of likely N-dealkylation sites (N-methyl/N-ethyl adjacent to an activating group) is 1. The molecule has 3 aromatic rings. The minimum absolute atomic E-state index is 0.00703. The minimum Gasteiger partial charge on any atom is -0.495 e. The van der Waals surface area contributed by atoms with Gasteiger partial charge in [0.2, 0.25) is 21.8 Å². The summed E-state index contributed by atoms with van der Waals surface area (Å²) in [6.45, 7) is 3.40. The first-order valence-corrected chi connectivity index (χ1v) is 15.2. The van der Waals surface area contributed by atoms with E-state index < -0.39 is 28.5 Å². The monoisotopic (exact) mass is 605 g/mol. The number of aryl methyl sites for hydroxylation is 1. The predicted octanol–water partition coefficient (Wildman–Crippen LogP) is 4.85. The zero-order valence-corrected chi connectivity index (χ0v) is 25.2. The summed E-state index contributed by atoms with van der Waals surface area (Å²) in [7, 11) is -2.50.